The molecule has 0 aliphatic carbocycles. The maximum Gasteiger partial charge on any atom is 0.271 e. The van der Waals surface area contributed by atoms with Crippen LogP contribution in [0.1, 0.15) is 30.3 Å². The van der Waals surface area contributed by atoms with Crippen molar-refractivity contribution in [1.82, 2.24) is 20.5 Å². The van der Waals surface area contributed by atoms with Crippen molar-refractivity contribution >= 4 is 22.5 Å². The number of carbonyl (C=O) groups is 1. The van der Waals surface area contributed by atoms with Crippen LogP contribution in [0.15, 0.2) is 36.5 Å². The number of ether oxygens (including phenoxy) is 2. The van der Waals surface area contributed by atoms with Crippen molar-refractivity contribution in [3.8, 4) is 17.0 Å². The number of anilines is 1. The molecule has 0 radical (unpaired) electrons. The smallest absolute Gasteiger partial charge is 0.271 e. The fourth-order valence-electron chi connectivity index (χ4n) is 3.63. The van der Waals surface area contributed by atoms with E-state index in [0.29, 0.717) is 23.7 Å². The molecule has 1 saturated heterocycles. The number of fused-ring (bicyclic) bond motifs is 1. The second kappa shape index (κ2) is 9.88. The van der Waals surface area contributed by atoms with Gasteiger partial charge in [-0.25, -0.2) is 4.98 Å². The van der Waals surface area contributed by atoms with Gasteiger partial charge >= 0.3 is 0 Å². The third-order valence-electron chi connectivity index (χ3n) is 5.55. The quantitative estimate of drug-likeness (QED) is 0.414. The molecule has 2 atom stereocenters. The molecule has 1 aromatic carbocycles. The first-order valence-corrected chi connectivity index (χ1v) is 10.8. The van der Waals surface area contributed by atoms with Crippen LogP contribution in [0, 0.1) is 0 Å². The van der Waals surface area contributed by atoms with Gasteiger partial charge in [0.1, 0.15) is 0 Å². The van der Waals surface area contributed by atoms with Crippen LogP contribution in [0.4, 0.5) is 5.69 Å². The number of pyridine rings is 1. The van der Waals surface area contributed by atoms with Gasteiger partial charge in [0.2, 0.25) is 5.88 Å². The van der Waals surface area contributed by atoms with Gasteiger partial charge in [0.05, 0.1) is 23.9 Å². The van der Waals surface area contributed by atoms with Gasteiger partial charge in [-0.2, -0.15) is 0 Å². The van der Waals surface area contributed by atoms with Crippen molar-refractivity contribution in [1.29, 1.82) is 0 Å². The van der Waals surface area contributed by atoms with Gasteiger partial charge in [0, 0.05) is 35.9 Å². The number of hydrogen-bond donors (Lipinski definition) is 3. The first-order valence-electron chi connectivity index (χ1n) is 10.8. The van der Waals surface area contributed by atoms with Gasteiger partial charge in [-0.3, -0.25) is 4.79 Å². The zero-order chi connectivity index (χ0) is 22.5. The van der Waals surface area contributed by atoms with E-state index < -0.39 is 5.91 Å². The summed E-state index contributed by atoms with van der Waals surface area (Å²) in [6.07, 6.45) is 3.74. The van der Waals surface area contributed by atoms with Crippen LogP contribution in [0.3, 0.4) is 0 Å². The highest BCUT2D eigenvalue weighted by atomic mass is 16.5. The fourth-order valence-corrected chi connectivity index (χ4v) is 3.63. The molecule has 0 spiro atoms. The lowest BCUT2D eigenvalue weighted by Crippen LogP contribution is -2.41. The Bertz CT molecular complexity index is 1090. The number of nitrogens with zero attached hydrogens (tertiary/aromatic N) is 3. The van der Waals surface area contributed by atoms with Crippen molar-refractivity contribution < 1.29 is 14.3 Å². The summed E-state index contributed by atoms with van der Waals surface area (Å²) in [5.74, 6) is -0.0420. The summed E-state index contributed by atoms with van der Waals surface area (Å²) >= 11 is 0. The topological polar surface area (TPSA) is 124 Å². The average Bonchev–Trinajstić information content (AvgIpc) is 2.75. The van der Waals surface area contributed by atoms with E-state index in [1.54, 1.807) is 6.20 Å². The van der Waals surface area contributed by atoms with Gasteiger partial charge in [0.25, 0.3) is 5.91 Å². The molecule has 3 aromatic rings. The summed E-state index contributed by atoms with van der Waals surface area (Å²) in [6.45, 7) is 4.27. The zero-order valence-corrected chi connectivity index (χ0v) is 18.3. The maximum absolute atomic E-state index is 12.0. The van der Waals surface area contributed by atoms with E-state index in [1.165, 1.54) is 0 Å². The number of rotatable bonds is 10. The molecule has 0 bridgehead atoms. The van der Waals surface area contributed by atoms with E-state index >= 15 is 0 Å². The minimum Gasteiger partial charge on any atom is -0.478 e. The molecule has 32 heavy (non-hydrogen) atoms. The molecule has 1 amide bonds. The number of nitrogens with two attached hydrogens (primary N) is 1. The summed E-state index contributed by atoms with van der Waals surface area (Å²) in [6, 6.07) is 9.61. The molecule has 9 nitrogen and oxygen atoms in total. The number of aromatic nitrogens is 3. The first-order chi connectivity index (χ1) is 15.6. The predicted molar refractivity (Wildman–Crippen MR) is 123 cm³/mol. The second-order valence-corrected chi connectivity index (χ2v) is 7.84. The second-order valence-electron chi connectivity index (χ2n) is 7.84. The molecule has 9 heteroatoms. The highest BCUT2D eigenvalue weighted by Gasteiger charge is 2.27. The molecule has 1 aliphatic rings. The molecular formula is C23H28N6O3. The minimum atomic E-state index is -0.629. The summed E-state index contributed by atoms with van der Waals surface area (Å²) < 4.78 is 11.3. The number of nitrogens with one attached hydrogen (secondary N) is 2. The van der Waals surface area contributed by atoms with E-state index in [9.17, 15) is 4.79 Å². The van der Waals surface area contributed by atoms with Gasteiger partial charge in [-0.15, -0.1) is 10.2 Å². The van der Waals surface area contributed by atoms with Crippen molar-refractivity contribution in [3.05, 3.63) is 42.2 Å². The van der Waals surface area contributed by atoms with E-state index in [-0.39, 0.29) is 17.8 Å². The average molecular weight is 437 g/mol. The fraction of sp³-hybridized carbons (Fsp3) is 0.391. The predicted octanol–water partition coefficient (Wildman–Crippen LogP) is 2.37. The Hall–Kier alpha value is -3.30. The minimum absolute atomic E-state index is 0.00101. The molecule has 1 aliphatic heterocycles. The highest BCUT2D eigenvalue weighted by Crippen LogP contribution is 2.31. The highest BCUT2D eigenvalue weighted by molar-refractivity contribution is 6.05. The van der Waals surface area contributed by atoms with Crippen molar-refractivity contribution in [2.75, 3.05) is 32.1 Å². The third-order valence-corrected chi connectivity index (χ3v) is 5.55. The molecule has 168 valence electrons. The number of hydrogen-bond acceptors (Lipinski definition) is 8. The lowest BCUT2D eigenvalue weighted by molar-refractivity contribution is -0.0575. The van der Waals surface area contributed by atoms with E-state index in [4.69, 9.17) is 15.2 Å². The van der Waals surface area contributed by atoms with Crippen LogP contribution in [0.5, 0.6) is 5.88 Å². The van der Waals surface area contributed by atoms with Gasteiger partial charge < -0.3 is 25.8 Å². The molecule has 1 fully saturated rings. The number of carbonyl (C=O) groups excluding carboxylic acids is 1. The molecule has 2 unspecified atom stereocenters. The molecule has 4 N–H and O–H groups in total. The van der Waals surface area contributed by atoms with E-state index in [1.807, 2.05) is 44.3 Å². The summed E-state index contributed by atoms with van der Waals surface area (Å²) in [7, 11) is 1.91. The Morgan fingerprint density at radius 1 is 1.28 bits per heavy atom. The largest absolute Gasteiger partial charge is 0.478 e. The number of amides is 1. The maximum atomic E-state index is 12.0. The lowest BCUT2D eigenvalue weighted by atomic mass is 10.0. The van der Waals surface area contributed by atoms with Gasteiger partial charge in [-0.05, 0) is 57.1 Å². The molecular weight excluding hydrogens is 408 g/mol. The SMILES string of the molecule is CNCCCOc1ccc(-c2ccc3nnc(C(N)=O)c(NC(C)C4CCO4)c3c2)cn1. The third kappa shape index (κ3) is 4.79. The van der Waals surface area contributed by atoms with Crippen LogP contribution in [-0.2, 0) is 4.74 Å². The zero-order valence-electron chi connectivity index (χ0n) is 18.3. The first kappa shape index (κ1) is 21.9. The number of primary amides is 1. The van der Waals surface area contributed by atoms with Crippen LogP contribution in [0.2, 0.25) is 0 Å². The van der Waals surface area contributed by atoms with Crippen molar-refractivity contribution in [2.45, 2.75) is 31.9 Å². The van der Waals surface area contributed by atoms with Crippen molar-refractivity contribution in [3.63, 3.8) is 0 Å². The summed E-state index contributed by atoms with van der Waals surface area (Å²) in [5.41, 5.74) is 8.80. The molecule has 0 saturated carbocycles. The molecule has 3 heterocycles. The van der Waals surface area contributed by atoms with E-state index in [2.05, 4.69) is 25.8 Å². The Morgan fingerprint density at radius 2 is 2.09 bits per heavy atom. The van der Waals surface area contributed by atoms with Crippen LogP contribution < -0.4 is 21.1 Å². The molecule has 4 rings (SSSR count). The Labute approximate surface area is 186 Å². The van der Waals surface area contributed by atoms with Crippen LogP contribution in [0.25, 0.3) is 22.0 Å². The van der Waals surface area contributed by atoms with Crippen LogP contribution >= 0.6 is 0 Å². The molecule has 2 aromatic heterocycles. The summed E-state index contributed by atoms with van der Waals surface area (Å²) in [5, 5.41) is 15.5. The summed E-state index contributed by atoms with van der Waals surface area (Å²) in [4.78, 5) is 16.5. The van der Waals surface area contributed by atoms with Crippen molar-refractivity contribution in [2.24, 2.45) is 5.73 Å². The Balaban J connectivity index is 1.63. The number of benzene rings is 1. The standard InChI is InChI=1S/C23H28N6O3/c1-14(19-8-11-31-19)27-21-17-12-15(4-6-18(17)28-29-22(21)23(24)30)16-5-7-20(26-13-16)32-10-3-9-25-2/h4-7,12-14,19,25H,3,8-11H2,1-2H3,(H2,24,30)(H,27,28). The lowest BCUT2D eigenvalue weighted by Gasteiger charge is -2.33. The Kier molecular flexibility index (Phi) is 6.77. The Morgan fingerprint density at radius 3 is 2.75 bits per heavy atom. The van der Waals surface area contributed by atoms with E-state index in [0.717, 1.165) is 42.5 Å². The normalized spacial score (nSPS) is 16.4. The van der Waals surface area contributed by atoms with Gasteiger partial charge in [0.15, 0.2) is 5.69 Å². The van der Waals surface area contributed by atoms with Crippen LogP contribution in [-0.4, -0.2) is 60.0 Å². The van der Waals surface area contributed by atoms with Gasteiger partial charge in [-0.1, -0.05) is 6.07 Å². The monoisotopic (exact) mass is 436 g/mol.